The van der Waals surface area contributed by atoms with E-state index in [1.807, 2.05) is 0 Å². The van der Waals surface area contributed by atoms with Crippen LogP contribution in [0, 0.1) is 5.41 Å². The van der Waals surface area contributed by atoms with Gasteiger partial charge in [0, 0.05) is 29.5 Å². The summed E-state index contributed by atoms with van der Waals surface area (Å²) in [6.07, 6.45) is 0.219. The smallest absolute Gasteiger partial charge is 0.163 e. The van der Waals surface area contributed by atoms with Crippen molar-refractivity contribution in [1.29, 1.82) is 5.41 Å². The molecule has 0 radical (unpaired) electrons. The van der Waals surface area contributed by atoms with Crippen LogP contribution in [0.2, 0.25) is 0 Å². The fraction of sp³-hybridized carbons (Fsp3) is 0.118. The first-order chi connectivity index (χ1) is 10.5. The summed E-state index contributed by atoms with van der Waals surface area (Å²) in [4.78, 5) is 24.0. The average Bonchev–Trinajstić information content (AvgIpc) is 2.53. The van der Waals surface area contributed by atoms with Gasteiger partial charge in [0.15, 0.2) is 11.6 Å². The second-order valence-electron chi connectivity index (χ2n) is 4.88. The number of nitrogen functional groups attached to an aromatic ring is 1. The topological polar surface area (TPSA) is 104 Å². The number of phenolic OH excluding ortho intramolecular Hbond substituents is 1. The van der Waals surface area contributed by atoms with Gasteiger partial charge in [0.2, 0.25) is 0 Å². The molecule has 0 atom stereocenters. The van der Waals surface area contributed by atoms with E-state index in [4.69, 9.17) is 11.1 Å². The molecule has 0 saturated carbocycles. The van der Waals surface area contributed by atoms with Crippen molar-refractivity contribution in [2.24, 2.45) is 5.73 Å². The number of nitrogens with one attached hydrogen (secondary N) is 1. The zero-order chi connectivity index (χ0) is 16.1. The fourth-order valence-corrected chi connectivity index (χ4v) is 2.00. The first-order valence-corrected chi connectivity index (χ1v) is 6.77. The predicted octanol–water partition coefficient (Wildman–Crippen LogP) is 2.52. The van der Waals surface area contributed by atoms with Gasteiger partial charge in [-0.1, -0.05) is 24.3 Å². The largest absolute Gasteiger partial charge is 0.508 e. The Hall–Kier alpha value is -2.95. The number of hydrogen-bond acceptors (Lipinski definition) is 4. The normalized spacial score (nSPS) is 10.2. The molecule has 4 N–H and O–H groups in total. The Bertz CT molecular complexity index is 704. The minimum absolute atomic E-state index is 0.0542. The number of benzene rings is 2. The minimum atomic E-state index is -0.145. The lowest BCUT2D eigenvalue weighted by molar-refractivity contribution is 0.0917. The third kappa shape index (κ3) is 3.79. The molecule has 0 heterocycles. The quantitative estimate of drug-likeness (QED) is 0.433. The van der Waals surface area contributed by atoms with Crippen LogP contribution in [0.5, 0.6) is 5.75 Å². The summed E-state index contributed by atoms with van der Waals surface area (Å²) < 4.78 is 0. The molecule has 2 aromatic rings. The Labute approximate surface area is 127 Å². The molecule has 22 heavy (non-hydrogen) atoms. The number of carbonyl (C=O) groups is 2. The number of phenols is 1. The van der Waals surface area contributed by atoms with Gasteiger partial charge in [-0.2, -0.15) is 0 Å². The summed E-state index contributed by atoms with van der Waals surface area (Å²) in [5.74, 6) is -0.240. The zero-order valence-corrected chi connectivity index (χ0v) is 11.9. The van der Waals surface area contributed by atoms with E-state index in [2.05, 4.69) is 0 Å². The molecule has 0 aromatic heterocycles. The van der Waals surface area contributed by atoms with Crippen LogP contribution in [-0.2, 0) is 0 Å². The van der Waals surface area contributed by atoms with Gasteiger partial charge in [0.1, 0.15) is 11.6 Å². The Kier molecular flexibility index (Phi) is 4.68. The second-order valence-corrected chi connectivity index (χ2v) is 4.88. The Morgan fingerprint density at radius 3 is 1.59 bits per heavy atom. The third-order valence-corrected chi connectivity index (χ3v) is 3.29. The standard InChI is InChI=1S/C17H16N2O3/c18-17(19)13-3-1-11(2-4-13)15(21)9-10-16(22)12-5-7-14(20)8-6-12/h1-8,20H,9-10H2,(H3,18,19). The summed E-state index contributed by atoms with van der Waals surface area (Å²) in [5.41, 5.74) is 6.86. The summed E-state index contributed by atoms with van der Waals surface area (Å²) in [7, 11) is 0. The van der Waals surface area contributed by atoms with Crippen molar-refractivity contribution >= 4 is 17.4 Å². The van der Waals surface area contributed by atoms with Gasteiger partial charge >= 0.3 is 0 Å². The predicted molar refractivity (Wildman–Crippen MR) is 83.5 cm³/mol. The Balaban J connectivity index is 1.96. The molecule has 0 amide bonds. The second kappa shape index (κ2) is 6.67. The van der Waals surface area contributed by atoms with Gasteiger partial charge in [-0.05, 0) is 24.3 Å². The maximum Gasteiger partial charge on any atom is 0.163 e. The van der Waals surface area contributed by atoms with Gasteiger partial charge in [0.05, 0.1) is 0 Å². The van der Waals surface area contributed by atoms with E-state index in [1.165, 1.54) is 24.3 Å². The number of carbonyl (C=O) groups excluding carboxylic acids is 2. The van der Waals surface area contributed by atoms with Crippen molar-refractivity contribution in [3.05, 3.63) is 65.2 Å². The summed E-state index contributed by atoms with van der Waals surface area (Å²) in [6, 6.07) is 12.4. The van der Waals surface area contributed by atoms with E-state index in [1.54, 1.807) is 24.3 Å². The van der Waals surface area contributed by atoms with Crippen molar-refractivity contribution in [2.75, 3.05) is 0 Å². The highest BCUT2D eigenvalue weighted by molar-refractivity contribution is 6.03. The van der Waals surface area contributed by atoms with Crippen molar-refractivity contribution in [3.8, 4) is 5.75 Å². The molecule has 5 nitrogen and oxygen atoms in total. The number of aromatic hydroxyl groups is 1. The Morgan fingerprint density at radius 1 is 0.818 bits per heavy atom. The Morgan fingerprint density at radius 2 is 1.18 bits per heavy atom. The monoisotopic (exact) mass is 296 g/mol. The summed E-state index contributed by atoms with van der Waals surface area (Å²) in [6.45, 7) is 0. The maximum absolute atomic E-state index is 12.0. The zero-order valence-electron chi connectivity index (χ0n) is 11.9. The van der Waals surface area contributed by atoms with E-state index in [-0.39, 0.29) is 36.0 Å². The molecule has 0 aliphatic rings. The molecule has 0 saturated heterocycles. The van der Waals surface area contributed by atoms with Crippen LogP contribution in [0.1, 0.15) is 39.1 Å². The van der Waals surface area contributed by atoms with Crippen LogP contribution < -0.4 is 5.73 Å². The van der Waals surface area contributed by atoms with Crippen LogP contribution in [-0.4, -0.2) is 22.5 Å². The molecule has 0 spiro atoms. The van der Waals surface area contributed by atoms with Gasteiger partial charge < -0.3 is 10.8 Å². The lowest BCUT2D eigenvalue weighted by atomic mass is 10.0. The van der Waals surface area contributed by atoms with Gasteiger partial charge in [-0.25, -0.2) is 0 Å². The maximum atomic E-state index is 12.0. The lowest BCUT2D eigenvalue weighted by Gasteiger charge is -2.03. The van der Waals surface area contributed by atoms with Crippen LogP contribution in [0.4, 0.5) is 0 Å². The summed E-state index contributed by atoms with van der Waals surface area (Å²) in [5, 5.41) is 16.5. The molecule has 0 fully saturated rings. The van der Waals surface area contributed by atoms with Crippen molar-refractivity contribution in [2.45, 2.75) is 12.8 Å². The van der Waals surface area contributed by atoms with E-state index >= 15 is 0 Å². The average molecular weight is 296 g/mol. The number of Topliss-reactive ketones (excluding diaryl/α,β-unsaturated/α-hetero) is 2. The van der Waals surface area contributed by atoms with Crippen LogP contribution >= 0.6 is 0 Å². The highest BCUT2D eigenvalue weighted by atomic mass is 16.3. The first kappa shape index (κ1) is 15.4. The van der Waals surface area contributed by atoms with Crippen LogP contribution in [0.25, 0.3) is 0 Å². The van der Waals surface area contributed by atoms with Gasteiger partial charge in [-0.3, -0.25) is 15.0 Å². The molecule has 0 bridgehead atoms. The molecule has 2 aromatic carbocycles. The lowest BCUT2D eigenvalue weighted by Crippen LogP contribution is -2.11. The van der Waals surface area contributed by atoms with E-state index in [0.29, 0.717) is 16.7 Å². The van der Waals surface area contributed by atoms with Crippen molar-refractivity contribution < 1.29 is 14.7 Å². The van der Waals surface area contributed by atoms with E-state index in [9.17, 15) is 14.7 Å². The number of rotatable bonds is 6. The molecule has 2 rings (SSSR count). The van der Waals surface area contributed by atoms with Crippen molar-refractivity contribution in [1.82, 2.24) is 0 Å². The van der Waals surface area contributed by atoms with Crippen LogP contribution in [0.15, 0.2) is 48.5 Å². The SMILES string of the molecule is N=C(N)c1ccc(C(=O)CCC(=O)c2ccc(O)cc2)cc1. The molecule has 0 unspecified atom stereocenters. The first-order valence-electron chi connectivity index (χ1n) is 6.77. The molecule has 112 valence electrons. The third-order valence-electron chi connectivity index (χ3n) is 3.29. The molecular formula is C17H16N2O3. The minimum Gasteiger partial charge on any atom is -0.508 e. The fourth-order valence-electron chi connectivity index (χ4n) is 2.00. The highest BCUT2D eigenvalue weighted by Crippen LogP contribution is 2.14. The van der Waals surface area contributed by atoms with Gasteiger partial charge in [0.25, 0.3) is 0 Å². The van der Waals surface area contributed by atoms with E-state index < -0.39 is 0 Å². The van der Waals surface area contributed by atoms with Crippen molar-refractivity contribution in [3.63, 3.8) is 0 Å². The number of amidine groups is 1. The molecule has 0 aliphatic carbocycles. The number of hydrogen-bond donors (Lipinski definition) is 3. The highest BCUT2D eigenvalue weighted by Gasteiger charge is 2.11. The van der Waals surface area contributed by atoms with Crippen LogP contribution in [0.3, 0.4) is 0 Å². The number of ketones is 2. The molecule has 5 heteroatoms. The summed E-state index contributed by atoms with van der Waals surface area (Å²) >= 11 is 0. The van der Waals surface area contributed by atoms with E-state index in [0.717, 1.165) is 0 Å². The van der Waals surface area contributed by atoms with Gasteiger partial charge in [-0.15, -0.1) is 0 Å². The molecular weight excluding hydrogens is 280 g/mol. The molecule has 0 aliphatic heterocycles. The number of nitrogens with two attached hydrogens (primary N) is 1.